The molecule has 0 amide bonds. The van der Waals surface area contributed by atoms with Gasteiger partial charge in [0.25, 0.3) is 0 Å². The van der Waals surface area contributed by atoms with Crippen molar-refractivity contribution in [3.63, 3.8) is 0 Å². The third kappa shape index (κ3) is 4.37. The molecule has 0 bridgehead atoms. The number of nitrogens with zero attached hydrogens (tertiary/aromatic N) is 2. The lowest BCUT2D eigenvalue weighted by molar-refractivity contribution is -0.139. The molecular weight excluding hydrogens is 366 g/mol. The van der Waals surface area contributed by atoms with E-state index in [1.807, 2.05) is 6.92 Å². The first kappa shape index (κ1) is 19.5. The van der Waals surface area contributed by atoms with E-state index in [0.717, 1.165) is 23.8 Å². The number of carbonyl (C=O) groups is 2. The Kier molecular flexibility index (Phi) is 6.26. The van der Waals surface area contributed by atoms with Crippen molar-refractivity contribution in [1.29, 1.82) is 0 Å². The number of esters is 2. The lowest BCUT2D eigenvalue weighted by Gasteiger charge is -2.24. The molecule has 0 saturated heterocycles. The normalized spacial score (nSPS) is 14.9. The summed E-state index contributed by atoms with van der Waals surface area (Å²) in [6.07, 6.45) is 5.82. The second-order valence-corrected chi connectivity index (χ2v) is 7.68. The van der Waals surface area contributed by atoms with Crippen molar-refractivity contribution in [3.8, 4) is 0 Å². The number of aryl methyl sites for hydroxylation is 1. The van der Waals surface area contributed by atoms with Crippen LogP contribution in [0.3, 0.4) is 0 Å². The van der Waals surface area contributed by atoms with Gasteiger partial charge in [0.2, 0.25) is 0 Å². The molecule has 1 aliphatic carbocycles. The number of aromatic nitrogens is 2. The van der Waals surface area contributed by atoms with Crippen LogP contribution in [0.4, 0.5) is 5.82 Å². The molecule has 0 radical (unpaired) electrons. The zero-order valence-electron chi connectivity index (χ0n) is 16.0. The third-order valence-electron chi connectivity index (χ3n) is 4.77. The molecule has 27 heavy (non-hydrogen) atoms. The van der Waals surface area contributed by atoms with Gasteiger partial charge in [-0.1, -0.05) is 19.3 Å². The third-order valence-corrected chi connectivity index (χ3v) is 5.94. The highest BCUT2D eigenvalue weighted by atomic mass is 32.1. The van der Waals surface area contributed by atoms with Gasteiger partial charge in [-0.3, -0.25) is 4.79 Å². The predicted molar refractivity (Wildman–Crippen MR) is 104 cm³/mol. The molecule has 2 heterocycles. The smallest absolute Gasteiger partial charge is 0.348 e. The fourth-order valence-electron chi connectivity index (χ4n) is 3.40. The summed E-state index contributed by atoms with van der Waals surface area (Å²) in [4.78, 5) is 34.3. The van der Waals surface area contributed by atoms with Gasteiger partial charge in [0.05, 0.1) is 19.1 Å². The maximum absolute atomic E-state index is 12.3. The minimum atomic E-state index is -0.392. The van der Waals surface area contributed by atoms with Gasteiger partial charge >= 0.3 is 11.9 Å². The van der Waals surface area contributed by atoms with Gasteiger partial charge in [0, 0.05) is 6.04 Å². The highest BCUT2D eigenvalue weighted by Gasteiger charge is 2.24. The molecule has 0 aromatic carbocycles. The topological polar surface area (TPSA) is 90.4 Å². The van der Waals surface area contributed by atoms with E-state index < -0.39 is 5.97 Å². The summed E-state index contributed by atoms with van der Waals surface area (Å²) in [6.45, 7) is 3.99. The number of nitrogens with one attached hydrogen (secondary N) is 1. The Morgan fingerprint density at radius 2 is 1.96 bits per heavy atom. The standard InChI is InChI=1S/C19H25N3O4S/c1-4-26-19(24)16-11(2)15-17(20-12-8-6-5-7-9-12)21-13(10-14(23)25-3)22-18(15)27-16/h12H,4-10H2,1-3H3,(H,20,21,22). The quantitative estimate of drug-likeness (QED) is 0.752. The van der Waals surface area contributed by atoms with E-state index in [1.54, 1.807) is 6.92 Å². The van der Waals surface area contributed by atoms with Crippen LogP contribution in [0.15, 0.2) is 0 Å². The zero-order valence-corrected chi connectivity index (χ0v) is 16.8. The molecule has 0 spiro atoms. The van der Waals surface area contributed by atoms with Gasteiger partial charge in [0.1, 0.15) is 27.8 Å². The summed E-state index contributed by atoms with van der Waals surface area (Å²) in [5.74, 6) is 0.340. The molecule has 2 aromatic heterocycles. The first-order valence-corrected chi connectivity index (χ1v) is 10.2. The highest BCUT2D eigenvalue weighted by molar-refractivity contribution is 7.20. The van der Waals surface area contributed by atoms with Gasteiger partial charge in [-0.15, -0.1) is 11.3 Å². The number of ether oxygens (including phenoxy) is 2. The molecule has 7 nitrogen and oxygen atoms in total. The molecule has 146 valence electrons. The number of rotatable bonds is 6. The Morgan fingerprint density at radius 3 is 2.63 bits per heavy atom. The number of thiophene rings is 1. The van der Waals surface area contributed by atoms with Crippen molar-refractivity contribution in [3.05, 3.63) is 16.3 Å². The minimum absolute atomic E-state index is 0.00251. The van der Waals surface area contributed by atoms with Crippen molar-refractivity contribution in [2.24, 2.45) is 0 Å². The summed E-state index contributed by atoms with van der Waals surface area (Å²) in [5.41, 5.74) is 0.816. The van der Waals surface area contributed by atoms with Crippen LogP contribution in [0.1, 0.15) is 60.1 Å². The van der Waals surface area contributed by atoms with Crippen molar-refractivity contribution >= 4 is 39.3 Å². The van der Waals surface area contributed by atoms with E-state index in [0.29, 0.717) is 34.0 Å². The number of carbonyl (C=O) groups excluding carboxylic acids is 2. The van der Waals surface area contributed by atoms with E-state index in [2.05, 4.69) is 15.3 Å². The van der Waals surface area contributed by atoms with Crippen molar-refractivity contribution in [2.45, 2.75) is 58.4 Å². The molecule has 0 atom stereocenters. The molecule has 8 heteroatoms. The molecule has 0 unspecified atom stereocenters. The SMILES string of the molecule is CCOC(=O)c1sc2nc(CC(=O)OC)nc(NC3CCCCC3)c2c1C. The van der Waals surface area contributed by atoms with Gasteiger partial charge < -0.3 is 14.8 Å². The largest absolute Gasteiger partial charge is 0.469 e. The maximum Gasteiger partial charge on any atom is 0.348 e. The molecule has 0 aliphatic heterocycles. The molecular formula is C19H25N3O4S. The molecule has 1 saturated carbocycles. The fraction of sp³-hybridized carbons (Fsp3) is 0.579. The number of fused-ring (bicyclic) bond motifs is 1. The van der Waals surface area contributed by atoms with E-state index in [9.17, 15) is 9.59 Å². The molecule has 3 rings (SSSR count). The van der Waals surface area contributed by atoms with Crippen molar-refractivity contribution in [1.82, 2.24) is 9.97 Å². The Bertz CT molecular complexity index is 843. The lowest BCUT2D eigenvalue weighted by atomic mass is 9.95. The Hall–Kier alpha value is -2.22. The monoisotopic (exact) mass is 391 g/mol. The Balaban J connectivity index is 2.04. The first-order valence-electron chi connectivity index (χ1n) is 9.34. The molecule has 2 aromatic rings. The zero-order chi connectivity index (χ0) is 19.4. The van der Waals surface area contributed by atoms with E-state index in [4.69, 9.17) is 9.47 Å². The molecule has 1 N–H and O–H groups in total. The van der Waals surface area contributed by atoms with Crippen LogP contribution in [0, 0.1) is 6.92 Å². The van der Waals surface area contributed by atoms with Crippen LogP contribution in [-0.2, 0) is 20.7 Å². The van der Waals surface area contributed by atoms with E-state index in [1.165, 1.54) is 37.7 Å². The number of hydrogen-bond acceptors (Lipinski definition) is 8. The number of methoxy groups -OCH3 is 1. The summed E-state index contributed by atoms with van der Waals surface area (Å²) in [5, 5.41) is 4.37. The summed E-state index contributed by atoms with van der Waals surface area (Å²) < 4.78 is 9.91. The van der Waals surface area contributed by atoms with Gasteiger partial charge in [-0.2, -0.15) is 0 Å². The number of hydrogen-bond donors (Lipinski definition) is 1. The fourth-order valence-corrected chi connectivity index (χ4v) is 4.49. The minimum Gasteiger partial charge on any atom is -0.469 e. The van der Waals surface area contributed by atoms with Gasteiger partial charge in [-0.25, -0.2) is 14.8 Å². The van der Waals surface area contributed by atoms with E-state index in [-0.39, 0.29) is 12.4 Å². The van der Waals surface area contributed by atoms with Gasteiger partial charge in [-0.05, 0) is 32.3 Å². The van der Waals surface area contributed by atoms with Crippen LogP contribution in [-0.4, -0.2) is 41.7 Å². The summed E-state index contributed by atoms with van der Waals surface area (Å²) in [6, 6.07) is 0.341. The molecule has 1 fully saturated rings. The average Bonchev–Trinajstić information content (AvgIpc) is 2.99. The van der Waals surface area contributed by atoms with Crippen LogP contribution in [0.2, 0.25) is 0 Å². The van der Waals surface area contributed by atoms with Crippen LogP contribution >= 0.6 is 11.3 Å². The van der Waals surface area contributed by atoms with Crippen LogP contribution in [0.5, 0.6) is 0 Å². The second-order valence-electron chi connectivity index (χ2n) is 6.68. The van der Waals surface area contributed by atoms with Crippen LogP contribution in [0.25, 0.3) is 10.2 Å². The van der Waals surface area contributed by atoms with E-state index >= 15 is 0 Å². The maximum atomic E-state index is 12.3. The Labute approximate surface area is 162 Å². The second kappa shape index (κ2) is 8.65. The lowest BCUT2D eigenvalue weighted by Crippen LogP contribution is -2.23. The first-order chi connectivity index (χ1) is 13.0. The van der Waals surface area contributed by atoms with Crippen LogP contribution < -0.4 is 5.32 Å². The highest BCUT2D eigenvalue weighted by Crippen LogP contribution is 2.35. The predicted octanol–water partition coefficient (Wildman–Crippen LogP) is 3.64. The number of anilines is 1. The van der Waals surface area contributed by atoms with Gasteiger partial charge in [0.15, 0.2) is 0 Å². The summed E-state index contributed by atoms with van der Waals surface area (Å²) in [7, 11) is 1.34. The summed E-state index contributed by atoms with van der Waals surface area (Å²) >= 11 is 1.28. The molecule has 1 aliphatic rings. The average molecular weight is 391 g/mol. The van der Waals surface area contributed by atoms with Crippen molar-refractivity contribution in [2.75, 3.05) is 19.0 Å². The van der Waals surface area contributed by atoms with Crippen molar-refractivity contribution < 1.29 is 19.1 Å². The Morgan fingerprint density at radius 1 is 1.22 bits per heavy atom.